The van der Waals surface area contributed by atoms with Crippen LogP contribution in [0.3, 0.4) is 0 Å². The zero-order valence-electron chi connectivity index (χ0n) is 14.6. The number of anilines is 2. The normalized spacial score (nSPS) is 24.3. The summed E-state index contributed by atoms with van der Waals surface area (Å²) in [4.78, 5) is 12.2. The monoisotopic (exact) mass is 389 g/mol. The highest BCUT2D eigenvalue weighted by Crippen LogP contribution is 2.30. The van der Waals surface area contributed by atoms with E-state index in [1.165, 1.54) is 0 Å². The van der Waals surface area contributed by atoms with E-state index in [1.807, 2.05) is 19.1 Å². The lowest BCUT2D eigenvalue weighted by atomic mass is 10.1. The Balaban J connectivity index is 1.91. The van der Waals surface area contributed by atoms with E-state index in [-0.39, 0.29) is 23.5 Å². The van der Waals surface area contributed by atoms with Gasteiger partial charge < -0.3 is 26.4 Å². The number of aromatic nitrogens is 3. The van der Waals surface area contributed by atoms with Crippen LogP contribution in [0.25, 0.3) is 0 Å². The maximum absolute atomic E-state index is 10.2. The summed E-state index contributed by atoms with van der Waals surface area (Å²) in [5.41, 5.74) is 7.57. The smallest absolute Gasteiger partial charge is 0.223 e. The molecule has 0 unspecified atom stereocenters. The molecule has 142 valence electrons. The molecule has 0 saturated heterocycles. The molecule has 3 rings (SSSR count). The van der Waals surface area contributed by atoms with Gasteiger partial charge in [0, 0.05) is 30.0 Å². The zero-order chi connectivity index (χ0) is 19.6. The van der Waals surface area contributed by atoms with Crippen molar-refractivity contribution in [3.63, 3.8) is 0 Å². The number of hydrogen-bond donors (Lipinski definition) is 5. The Hall–Kier alpha value is -2.44. The van der Waals surface area contributed by atoms with Crippen molar-refractivity contribution in [1.82, 2.24) is 15.0 Å². The average molecular weight is 390 g/mol. The number of hydrogen-bond acceptors (Lipinski definition) is 8. The molecule has 0 amide bonds. The van der Waals surface area contributed by atoms with Crippen LogP contribution in [0.5, 0.6) is 0 Å². The summed E-state index contributed by atoms with van der Waals surface area (Å²) < 4.78 is 0. The Morgan fingerprint density at radius 2 is 2.04 bits per heavy atom. The Kier molecular flexibility index (Phi) is 5.77. The Labute approximate surface area is 161 Å². The number of rotatable bonds is 3. The van der Waals surface area contributed by atoms with Gasteiger partial charge in [-0.2, -0.15) is 9.97 Å². The highest BCUT2D eigenvalue weighted by atomic mass is 35.5. The fraction of sp³-hybridized carbons (Fsp3) is 0.389. The maximum atomic E-state index is 10.2. The van der Waals surface area contributed by atoms with Gasteiger partial charge in [-0.15, -0.1) is 0 Å². The van der Waals surface area contributed by atoms with E-state index in [4.69, 9.17) is 17.3 Å². The predicted molar refractivity (Wildman–Crippen MR) is 101 cm³/mol. The van der Waals surface area contributed by atoms with Crippen LogP contribution >= 0.6 is 11.6 Å². The van der Waals surface area contributed by atoms with Gasteiger partial charge >= 0.3 is 0 Å². The van der Waals surface area contributed by atoms with Crippen LogP contribution in [0.1, 0.15) is 23.2 Å². The van der Waals surface area contributed by atoms with Gasteiger partial charge in [-0.1, -0.05) is 23.4 Å². The third-order valence-electron chi connectivity index (χ3n) is 4.48. The van der Waals surface area contributed by atoms with E-state index in [9.17, 15) is 15.3 Å². The lowest BCUT2D eigenvalue weighted by Gasteiger charge is -2.19. The molecule has 0 radical (unpaired) electrons. The number of nitrogens with zero attached hydrogens (tertiary/aromatic N) is 3. The van der Waals surface area contributed by atoms with Gasteiger partial charge in [0.05, 0.1) is 12.1 Å². The van der Waals surface area contributed by atoms with Crippen LogP contribution in [0.15, 0.2) is 18.3 Å². The second-order valence-electron chi connectivity index (χ2n) is 6.44. The van der Waals surface area contributed by atoms with Crippen molar-refractivity contribution in [3.05, 3.63) is 40.3 Å². The number of pyridine rings is 1. The third-order valence-corrected chi connectivity index (χ3v) is 4.76. The molecule has 1 saturated carbocycles. The number of aliphatic hydroxyl groups is 3. The SMILES string of the molecule is Cc1ccc(C#Cc2c(Cl)nc(N)nc2N[C@@H]2C[C@H](CO)[C@@H](O)[C@H]2O)cn1. The van der Waals surface area contributed by atoms with Crippen LogP contribution in [0.2, 0.25) is 5.15 Å². The molecular weight excluding hydrogens is 370 g/mol. The van der Waals surface area contributed by atoms with E-state index in [1.54, 1.807) is 6.20 Å². The van der Waals surface area contributed by atoms with Crippen LogP contribution in [-0.4, -0.2) is 55.1 Å². The third kappa shape index (κ3) is 4.28. The number of nitrogen functional groups attached to an aromatic ring is 1. The molecule has 1 aliphatic carbocycles. The van der Waals surface area contributed by atoms with Crippen molar-refractivity contribution in [2.75, 3.05) is 17.7 Å². The zero-order valence-corrected chi connectivity index (χ0v) is 15.4. The molecule has 0 bridgehead atoms. The first kappa shape index (κ1) is 19.3. The molecule has 2 aromatic rings. The summed E-state index contributed by atoms with van der Waals surface area (Å²) in [6, 6.07) is 3.14. The number of halogens is 1. The minimum atomic E-state index is -1.07. The van der Waals surface area contributed by atoms with E-state index in [0.717, 1.165) is 5.69 Å². The molecular formula is C18H20ClN5O3. The fourth-order valence-corrected chi connectivity index (χ4v) is 3.19. The summed E-state index contributed by atoms with van der Waals surface area (Å²) in [5, 5.41) is 32.6. The first-order valence-corrected chi connectivity index (χ1v) is 8.78. The van der Waals surface area contributed by atoms with Gasteiger partial charge in [-0.25, -0.2) is 0 Å². The van der Waals surface area contributed by atoms with Gasteiger partial charge in [0.25, 0.3) is 0 Å². The van der Waals surface area contributed by atoms with E-state index in [0.29, 0.717) is 17.5 Å². The molecule has 4 atom stereocenters. The number of nitrogens with two attached hydrogens (primary N) is 1. The topological polar surface area (TPSA) is 137 Å². The standard InChI is InChI=1S/C18H20ClN5O3/c1-9-2-3-10(7-21-9)4-5-12-16(19)23-18(20)24-17(12)22-13-6-11(8-25)14(26)15(13)27/h2-3,7,11,13-15,25-27H,6,8H2,1H3,(H3,20,22,23,24)/t11-,13-,14-,15+/m1/s1. The summed E-state index contributed by atoms with van der Waals surface area (Å²) in [6.07, 6.45) is -0.103. The minimum absolute atomic E-state index is 0.0446. The molecule has 1 fully saturated rings. The molecule has 0 aliphatic heterocycles. The van der Waals surface area contributed by atoms with Crippen LogP contribution < -0.4 is 11.1 Å². The largest absolute Gasteiger partial charge is 0.396 e. The van der Waals surface area contributed by atoms with Crippen LogP contribution in [0, 0.1) is 24.7 Å². The van der Waals surface area contributed by atoms with Crippen molar-refractivity contribution in [1.29, 1.82) is 0 Å². The molecule has 6 N–H and O–H groups in total. The second-order valence-corrected chi connectivity index (χ2v) is 6.80. The fourth-order valence-electron chi connectivity index (χ4n) is 2.97. The average Bonchev–Trinajstić information content (AvgIpc) is 2.90. The Bertz CT molecular complexity index is 881. The summed E-state index contributed by atoms with van der Waals surface area (Å²) in [5.74, 6) is 5.64. The molecule has 2 heterocycles. The predicted octanol–water partition coefficient (Wildman–Crippen LogP) is 0.330. The molecule has 0 aromatic carbocycles. The Morgan fingerprint density at radius 3 is 2.67 bits per heavy atom. The number of aliphatic hydroxyl groups excluding tert-OH is 3. The van der Waals surface area contributed by atoms with Gasteiger partial charge in [0.1, 0.15) is 17.5 Å². The summed E-state index contributed by atoms with van der Waals surface area (Å²) >= 11 is 6.19. The molecule has 2 aromatic heterocycles. The number of nitrogens with one attached hydrogen (secondary N) is 1. The second kappa shape index (κ2) is 8.06. The molecule has 1 aliphatic rings. The van der Waals surface area contributed by atoms with Gasteiger partial charge in [0.15, 0.2) is 5.15 Å². The highest BCUT2D eigenvalue weighted by Gasteiger charge is 2.41. The summed E-state index contributed by atoms with van der Waals surface area (Å²) in [7, 11) is 0. The van der Waals surface area contributed by atoms with Crippen molar-refractivity contribution in [3.8, 4) is 11.8 Å². The molecule has 27 heavy (non-hydrogen) atoms. The summed E-state index contributed by atoms with van der Waals surface area (Å²) in [6.45, 7) is 1.65. The van der Waals surface area contributed by atoms with E-state index in [2.05, 4.69) is 32.1 Å². The van der Waals surface area contributed by atoms with Crippen molar-refractivity contribution < 1.29 is 15.3 Å². The minimum Gasteiger partial charge on any atom is -0.396 e. The van der Waals surface area contributed by atoms with Crippen LogP contribution in [-0.2, 0) is 0 Å². The van der Waals surface area contributed by atoms with E-state index >= 15 is 0 Å². The van der Waals surface area contributed by atoms with Gasteiger partial charge in [-0.3, -0.25) is 4.98 Å². The highest BCUT2D eigenvalue weighted by molar-refractivity contribution is 6.31. The maximum Gasteiger partial charge on any atom is 0.223 e. The van der Waals surface area contributed by atoms with Crippen molar-refractivity contribution >= 4 is 23.4 Å². The molecule has 8 nitrogen and oxygen atoms in total. The first-order chi connectivity index (χ1) is 12.9. The quantitative estimate of drug-likeness (QED) is 0.374. The lowest BCUT2D eigenvalue weighted by Crippen LogP contribution is -2.35. The van der Waals surface area contributed by atoms with Gasteiger partial charge in [0.2, 0.25) is 5.95 Å². The molecule has 0 spiro atoms. The van der Waals surface area contributed by atoms with Crippen LogP contribution in [0.4, 0.5) is 11.8 Å². The van der Waals surface area contributed by atoms with Crippen molar-refractivity contribution in [2.24, 2.45) is 5.92 Å². The van der Waals surface area contributed by atoms with Gasteiger partial charge in [-0.05, 0) is 25.5 Å². The van der Waals surface area contributed by atoms with Crippen molar-refractivity contribution in [2.45, 2.75) is 31.6 Å². The number of aryl methyl sites for hydroxylation is 1. The van der Waals surface area contributed by atoms with E-state index < -0.39 is 24.2 Å². The lowest BCUT2D eigenvalue weighted by molar-refractivity contribution is 0.00445. The Morgan fingerprint density at radius 1 is 1.26 bits per heavy atom. The first-order valence-electron chi connectivity index (χ1n) is 8.40. The molecule has 9 heteroatoms.